The van der Waals surface area contributed by atoms with Gasteiger partial charge in [0.2, 0.25) is 0 Å². The van der Waals surface area contributed by atoms with Crippen LogP contribution in [0, 0.1) is 0 Å². The molecule has 1 rings (SSSR count). The standard InChI is InChI=1S/C9H16O4/c1-3-10-8(2)7-13-9-11-5-4-6-12-9/h9H,2-7H2,1H3. The molecule has 0 unspecified atom stereocenters. The van der Waals surface area contributed by atoms with E-state index in [1.54, 1.807) is 0 Å². The summed E-state index contributed by atoms with van der Waals surface area (Å²) in [6.07, 6.45) is 0.923. The van der Waals surface area contributed by atoms with Crippen molar-refractivity contribution in [3.05, 3.63) is 12.3 Å². The van der Waals surface area contributed by atoms with Crippen LogP contribution in [-0.4, -0.2) is 32.9 Å². The third-order valence-electron chi connectivity index (χ3n) is 1.53. The summed E-state index contributed by atoms with van der Waals surface area (Å²) < 4.78 is 20.7. The SMILES string of the molecule is C=C(COC1OCCCO1)OCC. The van der Waals surface area contributed by atoms with E-state index in [2.05, 4.69) is 6.58 Å². The van der Waals surface area contributed by atoms with Gasteiger partial charge in [0, 0.05) is 0 Å². The number of rotatable bonds is 5. The van der Waals surface area contributed by atoms with E-state index in [9.17, 15) is 0 Å². The van der Waals surface area contributed by atoms with Gasteiger partial charge in [0.1, 0.15) is 12.4 Å². The molecule has 1 saturated heterocycles. The smallest absolute Gasteiger partial charge is 0.272 e. The van der Waals surface area contributed by atoms with Crippen molar-refractivity contribution in [2.45, 2.75) is 19.8 Å². The highest BCUT2D eigenvalue weighted by molar-refractivity contribution is 4.81. The number of hydrogen-bond acceptors (Lipinski definition) is 4. The van der Waals surface area contributed by atoms with Gasteiger partial charge in [-0.15, -0.1) is 0 Å². The second-order valence-corrected chi connectivity index (χ2v) is 2.67. The van der Waals surface area contributed by atoms with Crippen molar-refractivity contribution in [2.75, 3.05) is 26.4 Å². The normalized spacial score (nSPS) is 18.5. The molecular weight excluding hydrogens is 172 g/mol. The molecule has 4 heteroatoms. The molecule has 4 nitrogen and oxygen atoms in total. The Kier molecular flexibility index (Phi) is 4.82. The summed E-state index contributed by atoms with van der Waals surface area (Å²) in [4.78, 5) is 0. The van der Waals surface area contributed by atoms with Gasteiger partial charge in [-0.2, -0.15) is 0 Å². The molecule has 0 radical (unpaired) electrons. The van der Waals surface area contributed by atoms with Crippen LogP contribution in [0.5, 0.6) is 0 Å². The summed E-state index contributed by atoms with van der Waals surface area (Å²) in [5.74, 6) is 0.597. The van der Waals surface area contributed by atoms with Gasteiger partial charge in [-0.05, 0) is 13.3 Å². The fourth-order valence-electron chi connectivity index (χ4n) is 0.969. The Morgan fingerprint density at radius 1 is 1.46 bits per heavy atom. The predicted octanol–water partition coefficient (Wildman–Crippen LogP) is 1.27. The van der Waals surface area contributed by atoms with Crippen LogP contribution in [0.3, 0.4) is 0 Å². The third-order valence-corrected chi connectivity index (χ3v) is 1.53. The van der Waals surface area contributed by atoms with E-state index in [0.717, 1.165) is 6.42 Å². The van der Waals surface area contributed by atoms with Gasteiger partial charge in [0.15, 0.2) is 0 Å². The molecule has 0 aromatic rings. The Labute approximate surface area is 78.4 Å². The molecule has 1 fully saturated rings. The van der Waals surface area contributed by atoms with Crippen LogP contribution < -0.4 is 0 Å². The molecule has 0 atom stereocenters. The molecule has 0 aromatic heterocycles. The van der Waals surface area contributed by atoms with Crippen LogP contribution in [-0.2, 0) is 18.9 Å². The first-order chi connectivity index (χ1) is 6.33. The van der Waals surface area contributed by atoms with Crippen LogP contribution in [0.2, 0.25) is 0 Å². The molecule has 0 N–H and O–H groups in total. The maximum absolute atomic E-state index is 5.23. The Morgan fingerprint density at radius 3 is 2.77 bits per heavy atom. The van der Waals surface area contributed by atoms with Crippen molar-refractivity contribution in [3.63, 3.8) is 0 Å². The van der Waals surface area contributed by atoms with Gasteiger partial charge in [0.25, 0.3) is 6.48 Å². The minimum absolute atomic E-state index is 0.318. The van der Waals surface area contributed by atoms with Gasteiger partial charge in [-0.3, -0.25) is 0 Å². The summed E-state index contributed by atoms with van der Waals surface area (Å²) in [6, 6.07) is 0. The van der Waals surface area contributed by atoms with Crippen molar-refractivity contribution in [1.82, 2.24) is 0 Å². The van der Waals surface area contributed by atoms with Gasteiger partial charge in [-0.1, -0.05) is 6.58 Å². The van der Waals surface area contributed by atoms with Crippen molar-refractivity contribution in [2.24, 2.45) is 0 Å². The average molecular weight is 188 g/mol. The summed E-state index contributed by atoms with van der Waals surface area (Å²) >= 11 is 0. The summed E-state index contributed by atoms with van der Waals surface area (Å²) in [6.45, 7) is 7.32. The molecule has 1 aliphatic heterocycles. The van der Waals surface area contributed by atoms with Crippen LogP contribution in [0.15, 0.2) is 12.3 Å². The van der Waals surface area contributed by atoms with E-state index in [1.807, 2.05) is 6.92 Å². The van der Waals surface area contributed by atoms with E-state index < -0.39 is 6.48 Å². The zero-order valence-corrected chi connectivity index (χ0v) is 7.95. The van der Waals surface area contributed by atoms with Crippen LogP contribution in [0.4, 0.5) is 0 Å². The predicted molar refractivity (Wildman–Crippen MR) is 47.0 cm³/mol. The third kappa shape index (κ3) is 4.26. The van der Waals surface area contributed by atoms with Gasteiger partial charge < -0.3 is 18.9 Å². The Hall–Kier alpha value is -0.580. The minimum atomic E-state index is -0.550. The average Bonchev–Trinajstić information content (AvgIpc) is 2.17. The van der Waals surface area contributed by atoms with Crippen LogP contribution in [0.1, 0.15) is 13.3 Å². The Balaban J connectivity index is 2.06. The first kappa shape index (κ1) is 10.5. The first-order valence-electron chi connectivity index (χ1n) is 4.48. The molecule has 76 valence electrons. The van der Waals surface area contributed by atoms with E-state index in [1.165, 1.54) is 0 Å². The van der Waals surface area contributed by atoms with Crippen LogP contribution >= 0.6 is 0 Å². The van der Waals surface area contributed by atoms with E-state index in [4.69, 9.17) is 18.9 Å². The maximum Gasteiger partial charge on any atom is 0.272 e. The zero-order valence-electron chi connectivity index (χ0n) is 7.95. The largest absolute Gasteiger partial charge is 0.496 e. The van der Waals surface area contributed by atoms with Crippen molar-refractivity contribution in [3.8, 4) is 0 Å². The molecule has 0 amide bonds. The minimum Gasteiger partial charge on any atom is -0.496 e. The molecule has 0 saturated carbocycles. The number of hydrogen-bond donors (Lipinski definition) is 0. The molecule has 1 aliphatic rings. The van der Waals surface area contributed by atoms with Crippen molar-refractivity contribution < 1.29 is 18.9 Å². The summed E-state index contributed by atoms with van der Waals surface area (Å²) in [7, 11) is 0. The van der Waals surface area contributed by atoms with Crippen molar-refractivity contribution >= 4 is 0 Å². The summed E-state index contributed by atoms with van der Waals surface area (Å²) in [5, 5.41) is 0. The molecule has 1 heterocycles. The highest BCUT2D eigenvalue weighted by Gasteiger charge is 2.14. The van der Waals surface area contributed by atoms with E-state index in [0.29, 0.717) is 32.2 Å². The zero-order chi connectivity index (χ0) is 9.52. The lowest BCUT2D eigenvalue weighted by Crippen LogP contribution is -2.28. The lowest BCUT2D eigenvalue weighted by Gasteiger charge is -2.23. The Bertz CT molecular complexity index is 152. The van der Waals surface area contributed by atoms with E-state index >= 15 is 0 Å². The van der Waals surface area contributed by atoms with E-state index in [-0.39, 0.29) is 0 Å². The highest BCUT2D eigenvalue weighted by Crippen LogP contribution is 2.07. The van der Waals surface area contributed by atoms with Gasteiger partial charge in [0.05, 0.1) is 19.8 Å². The van der Waals surface area contributed by atoms with Crippen molar-refractivity contribution in [1.29, 1.82) is 0 Å². The van der Waals surface area contributed by atoms with Crippen LogP contribution in [0.25, 0.3) is 0 Å². The Morgan fingerprint density at radius 2 is 2.15 bits per heavy atom. The first-order valence-corrected chi connectivity index (χ1v) is 4.48. The van der Waals surface area contributed by atoms with Gasteiger partial charge >= 0.3 is 0 Å². The number of ether oxygens (including phenoxy) is 4. The lowest BCUT2D eigenvalue weighted by molar-refractivity contribution is -0.308. The molecular formula is C9H16O4. The fraction of sp³-hybridized carbons (Fsp3) is 0.778. The molecule has 0 aliphatic carbocycles. The molecule has 0 aromatic carbocycles. The van der Waals surface area contributed by atoms with Gasteiger partial charge in [-0.25, -0.2) is 0 Å². The second-order valence-electron chi connectivity index (χ2n) is 2.67. The molecule has 0 bridgehead atoms. The summed E-state index contributed by atoms with van der Waals surface area (Å²) in [5.41, 5.74) is 0. The lowest BCUT2D eigenvalue weighted by atomic mass is 10.5. The second kappa shape index (κ2) is 5.96. The molecule has 13 heavy (non-hydrogen) atoms. The highest BCUT2D eigenvalue weighted by atomic mass is 16.8. The topological polar surface area (TPSA) is 36.9 Å². The maximum atomic E-state index is 5.23. The fourth-order valence-corrected chi connectivity index (χ4v) is 0.969. The quantitative estimate of drug-likeness (QED) is 0.609. The molecule has 0 spiro atoms. The monoisotopic (exact) mass is 188 g/mol.